The van der Waals surface area contributed by atoms with Gasteiger partial charge < -0.3 is 16.0 Å². The zero-order chi connectivity index (χ0) is 22.1. The molecule has 0 aliphatic heterocycles. The van der Waals surface area contributed by atoms with Crippen LogP contribution >= 0.6 is 11.3 Å². The van der Waals surface area contributed by atoms with E-state index in [9.17, 15) is 31.9 Å². The topological polar surface area (TPSA) is 87.3 Å². The number of rotatable bonds is 6. The lowest BCUT2D eigenvalue weighted by molar-refractivity contribution is -0.123. The Bertz CT molecular complexity index is 999. The van der Waals surface area contributed by atoms with Gasteiger partial charge in [0.2, 0.25) is 5.91 Å². The zero-order valence-electron chi connectivity index (χ0n) is 15.7. The van der Waals surface area contributed by atoms with E-state index in [2.05, 4.69) is 10.6 Å². The fourth-order valence-corrected chi connectivity index (χ4v) is 3.31. The summed E-state index contributed by atoms with van der Waals surface area (Å²) in [5.41, 5.74) is -0.384. The molecule has 1 saturated carbocycles. The maximum absolute atomic E-state index is 14.2. The van der Waals surface area contributed by atoms with Crippen molar-refractivity contribution in [3.05, 3.63) is 46.1 Å². The molecule has 0 bridgehead atoms. The van der Waals surface area contributed by atoms with Crippen molar-refractivity contribution in [3.8, 4) is 0 Å². The second-order valence-corrected chi connectivity index (χ2v) is 7.89. The molecule has 160 valence electrons. The van der Waals surface area contributed by atoms with Crippen LogP contribution in [0.5, 0.6) is 0 Å². The maximum atomic E-state index is 14.2. The fraction of sp³-hybridized carbons (Fsp3) is 0.316. The second kappa shape index (κ2) is 8.42. The molecule has 1 fully saturated rings. The smallest absolute Gasteiger partial charge is 0.343 e. The Labute approximate surface area is 172 Å². The third-order valence-corrected chi connectivity index (χ3v) is 5.33. The van der Waals surface area contributed by atoms with Gasteiger partial charge in [-0.1, -0.05) is 0 Å². The van der Waals surface area contributed by atoms with Gasteiger partial charge in [-0.05, 0) is 44.0 Å². The molecule has 11 heteroatoms. The summed E-state index contributed by atoms with van der Waals surface area (Å²) < 4.78 is 51.0. The SMILES string of the molecule is Cc1c(F)cc(C(=O)NCC(F)(F)F)cc1NC(=O)c1ccc(NC(=O)C2CC2)s1. The lowest BCUT2D eigenvalue weighted by atomic mass is 10.1. The molecular weight excluding hydrogens is 426 g/mol. The molecule has 3 N–H and O–H groups in total. The summed E-state index contributed by atoms with van der Waals surface area (Å²) >= 11 is 1.02. The van der Waals surface area contributed by atoms with Crippen LogP contribution in [0.25, 0.3) is 0 Å². The van der Waals surface area contributed by atoms with Crippen LogP contribution in [0.1, 0.15) is 38.4 Å². The van der Waals surface area contributed by atoms with Crippen LogP contribution in [0.3, 0.4) is 0 Å². The van der Waals surface area contributed by atoms with Gasteiger partial charge in [-0.3, -0.25) is 14.4 Å². The molecule has 0 unspecified atom stereocenters. The van der Waals surface area contributed by atoms with E-state index >= 15 is 0 Å². The first kappa shape index (κ1) is 21.8. The van der Waals surface area contributed by atoms with Crippen LogP contribution in [0.4, 0.5) is 28.3 Å². The Balaban J connectivity index is 1.71. The van der Waals surface area contributed by atoms with Crippen LogP contribution in [-0.4, -0.2) is 30.4 Å². The van der Waals surface area contributed by atoms with Gasteiger partial charge >= 0.3 is 6.18 Å². The molecule has 0 radical (unpaired) electrons. The van der Waals surface area contributed by atoms with E-state index < -0.39 is 30.4 Å². The molecule has 2 aromatic rings. The van der Waals surface area contributed by atoms with E-state index in [1.165, 1.54) is 13.0 Å². The first-order valence-corrected chi connectivity index (χ1v) is 9.72. The summed E-state index contributed by atoms with van der Waals surface area (Å²) in [6.45, 7) is -0.203. The predicted molar refractivity (Wildman–Crippen MR) is 103 cm³/mol. The standard InChI is InChI=1S/C19H17F4N3O3S/c1-9-12(20)6-11(16(27)24-8-19(21,22)23)7-13(9)25-18(29)14-4-5-15(30-14)26-17(28)10-2-3-10/h4-7,10H,2-3,8H2,1H3,(H,24,27)(H,25,29)(H,26,28). The molecule has 1 aliphatic rings. The summed E-state index contributed by atoms with van der Waals surface area (Å²) in [7, 11) is 0. The molecule has 30 heavy (non-hydrogen) atoms. The Morgan fingerprint density at radius 3 is 2.43 bits per heavy atom. The van der Waals surface area contributed by atoms with Crippen molar-refractivity contribution in [2.24, 2.45) is 5.92 Å². The Kier molecular flexibility index (Phi) is 6.11. The van der Waals surface area contributed by atoms with E-state index in [1.807, 2.05) is 0 Å². The number of alkyl halides is 3. The number of nitrogens with one attached hydrogen (secondary N) is 3. The summed E-state index contributed by atoms with van der Waals surface area (Å²) in [6, 6.07) is 4.95. The molecule has 6 nitrogen and oxygen atoms in total. The van der Waals surface area contributed by atoms with Crippen molar-refractivity contribution >= 4 is 39.7 Å². The van der Waals surface area contributed by atoms with E-state index in [1.54, 1.807) is 11.4 Å². The van der Waals surface area contributed by atoms with Gasteiger partial charge in [-0.25, -0.2) is 4.39 Å². The van der Waals surface area contributed by atoms with E-state index in [0.717, 1.165) is 36.3 Å². The van der Waals surface area contributed by atoms with Crippen molar-refractivity contribution in [1.29, 1.82) is 0 Å². The molecule has 0 saturated heterocycles. The van der Waals surface area contributed by atoms with Crippen molar-refractivity contribution in [3.63, 3.8) is 0 Å². The largest absolute Gasteiger partial charge is 0.405 e. The second-order valence-electron chi connectivity index (χ2n) is 6.81. The lowest BCUT2D eigenvalue weighted by Gasteiger charge is -2.12. The molecule has 1 aromatic heterocycles. The Hall–Kier alpha value is -2.95. The number of carbonyl (C=O) groups excluding carboxylic acids is 3. The van der Waals surface area contributed by atoms with Crippen LogP contribution in [0.2, 0.25) is 0 Å². The summed E-state index contributed by atoms with van der Waals surface area (Å²) in [6.07, 6.45) is -2.94. The summed E-state index contributed by atoms with van der Waals surface area (Å²) in [5.74, 6) is -2.70. The molecule has 1 aliphatic carbocycles. The average Bonchev–Trinajstić information content (AvgIpc) is 3.42. The molecule has 3 rings (SSSR count). The molecule has 0 atom stereocenters. The van der Waals surface area contributed by atoms with Gasteiger partial charge in [0.1, 0.15) is 12.4 Å². The molecule has 1 heterocycles. The molecule has 3 amide bonds. The number of halogens is 4. The number of benzene rings is 1. The van der Waals surface area contributed by atoms with Crippen LogP contribution < -0.4 is 16.0 Å². The van der Waals surface area contributed by atoms with E-state index in [0.29, 0.717) is 5.00 Å². The third kappa shape index (κ3) is 5.56. The first-order chi connectivity index (χ1) is 14.0. The predicted octanol–water partition coefficient (Wildman–Crippen LogP) is 4.09. The fourth-order valence-electron chi connectivity index (χ4n) is 2.50. The monoisotopic (exact) mass is 443 g/mol. The maximum Gasteiger partial charge on any atom is 0.405 e. The number of thiophene rings is 1. The van der Waals surface area contributed by atoms with E-state index in [4.69, 9.17) is 0 Å². The average molecular weight is 443 g/mol. The summed E-state index contributed by atoms with van der Waals surface area (Å²) in [4.78, 5) is 36.4. The van der Waals surface area contributed by atoms with Gasteiger partial charge in [0.15, 0.2) is 0 Å². The molecule has 1 aromatic carbocycles. The third-order valence-electron chi connectivity index (χ3n) is 4.33. The normalized spacial score (nSPS) is 13.6. The quantitative estimate of drug-likeness (QED) is 0.588. The van der Waals surface area contributed by atoms with Crippen molar-refractivity contribution in [2.45, 2.75) is 25.9 Å². The molecule has 0 spiro atoms. The van der Waals surface area contributed by atoms with Gasteiger partial charge in [0.25, 0.3) is 11.8 Å². The summed E-state index contributed by atoms with van der Waals surface area (Å²) in [5, 5.41) is 7.30. The van der Waals surface area contributed by atoms with Gasteiger partial charge in [0, 0.05) is 22.7 Å². The minimum Gasteiger partial charge on any atom is -0.343 e. The Morgan fingerprint density at radius 2 is 1.80 bits per heavy atom. The number of hydrogen-bond acceptors (Lipinski definition) is 4. The van der Waals surface area contributed by atoms with Crippen molar-refractivity contribution in [2.75, 3.05) is 17.2 Å². The van der Waals surface area contributed by atoms with Crippen molar-refractivity contribution in [1.82, 2.24) is 5.32 Å². The number of hydrogen-bond donors (Lipinski definition) is 3. The van der Waals surface area contributed by atoms with E-state index in [-0.39, 0.29) is 33.5 Å². The zero-order valence-corrected chi connectivity index (χ0v) is 16.5. The highest BCUT2D eigenvalue weighted by molar-refractivity contribution is 7.18. The highest BCUT2D eigenvalue weighted by Gasteiger charge is 2.30. The van der Waals surface area contributed by atoms with Gasteiger partial charge in [0.05, 0.1) is 9.88 Å². The lowest BCUT2D eigenvalue weighted by Crippen LogP contribution is -2.33. The highest BCUT2D eigenvalue weighted by Crippen LogP contribution is 2.32. The number of amides is 3. The minimum absolute atomic E-state index is 0.00114. The van der Waals surface area contributed by atoms with Crippen LogP contribution in [-0.2, 0) is 4.79 Å². The molecular formula is C19H17F4N3O3S. The first-order valence-electron chi connectivity index (χ1n) is 8.90. The van der Waals surface area contributed by atoms with Crippen molar-refractivity contribution < 1.29 is 31.9 Å². The Morgan fingerprint density at radius 1 is 1.10 bits per heavy atom. The van der Waals surface area contributed by atoms with Gasteiger partial charge in [-0.2, -0.15) is 13.2 Å². The number of carbonyl (C=O) groups is 3. The minimum atomic E-state index is -4.61. The van der Waals surface area contributed by atoms with Crippen LogP contribution in [0, 0.1) is 18.7 Å². The highest BCUT2D eigenvalue weighted by atomic mass is 32.1. The number of anilines is 2. The van der Waals surface area contributed by atoms with Gasteiger partial charge in [-0.15, -0.1) is 11.3 Å². The van der Waals surface area contributed by atoms with Crippen LogP contribution in [0.15, 0.2) is 24.3 Å².